The van der Waals surface area contributed by atoms with Crippen LogP contribution in [0.1, 0.15) is 57.6 Å². The van der Waals surface area contributed by atoms with Gasteiger partial charge in [0.15, 0.2) is 0 Å². The van der Waals surface area contributed by atoms with E-state index in [1.165, 1.54) is 31.2 Å². The normalized spacial score (nSPS) is 19.3. The highest BCUT2D eigenvalue weighted by molar-refractivity contribution is 6.30. The zero-order valence-electron chi connectivity index (χ0n) is 11.5. The summed E-state index contributed by atoms with van der Waals surface area (Å²) in [6.45, 7) is 4.54. The first-order chi connectivity index (χ1) is 8.69. The van der Waals surface area contributed by atoms with E-state index in [4.69, 9.17) is 11.6 Å². The van der Waals surface area contributed by atoms with E-state index in [9.17, 15) is 0 Å². The molecule has 0 aromatic heterocycles. The third-order valence-electron chi connectivity index (χ3n) is 4.06. The van der Waals surface area contributed by atoms with Gasteiger partial charge in [-0.1, -0.05) is 49.9 Å². The Labute approximate surface area is 116 Å². The molecule has 1 aliphatic rings. The molecule has 1 N–H and O–H groups in total. The minimum Gasteiger partial charge on any atom is -0.307 e. The van der Waals surface area contributed by atoms with Crippen LogP contribution in [0.25, 0.3) is 0 Å². The Bertz CT molecular complexity index is 373. The van der Waals surface area contributed by atoms with Gasteiger partial charge in [0.25, 0.3) is 0 Å². The molecule has 0 aliphatic heterocycles. The molecule has 0 amide bonds. The second-order valence-electron chi connectivity index (χ2n) is 5.62. The lowest BCUT2D eigenvalue weighted by molar-refractivity contribution is 0.256. The molecule has 1 saturated carbocycles. The van der Waals surface area contributed by atoms with Gasteiger partial charge in [0.05, 0.1) is 0 Å². The number of halogens is 1. The first kappa shape index (κ1) is 13.9. The van der Waals surface area contributed by atoms with Gasteiger partial charge in [0.1, 0.15) is 0 Å². The predicted octanol–water partition coefficient (Wildman–Crippen LogP) is 4.96. The molecule has 1 aliphatic carbocycles. The van der Waals surface area contributed by atoms with Gasteiger partial charge in [-0.3, -0.25) is 0 Å². The molecule has 2 heteroatoms. The summed E-state index contributed by atoms with van der Waals surface area (Å²) in [6, 6.07) is 9.26. The quantitative estimate of drug-likeness (QED) is 0.767. The fraction of sp³-hybridized carbons (Fsp3) is 0.625. The van der Waals surface area contributed by atoms with Gasteiger partial charge in [0.2, 0.25) is 0 Å². The maximum Gasteiger partial charge on any atom is 0.0409 e. The Balaban J connectivity index is 1.91. The fourth-order valence-electron chi connectivity index (χ4n) is 2.81. The SMILES string of the molecule is CCC(NC(C)CC1CCC1)c1cccc(Cl)c1. The Hall–Kier alpha value is -0.530. The summed E-state index contributed by atoms with van der Waals surface area (Å²) in [7, 11) is 0. The van der Waals surface area contributed by atoms with E-state index in [2.05, 4.69) is 31.3 Å². The van der Waals surface area contributed by atoms with Gasteiger partial charge in [-0.05, 0) is 43.4 Å². The van der Waals surface area contributed by atoms with Gasteiger partial charge < -0.3 is 5.32 Å². The van der Waals surface area contributed by atoms with Gasteiger partial charge in [-0.2, -0.15) is 0 Å². The summed E-state index contributed by atoms with van der Waals surface area (Å²) in [5.74, 6) is 0.962. The zero-order valence-corrected chi connectivity index (χ0v) is 12.2. The topological polar surface area (TPSA) is 12.0 Å². The van der Waals surface area contributed by atoms with Crippen molar-refractivity contribution in [1.29, 1.82) is 0 Å². The Morgan fingerprint density at radius 2 is 2.17 bits per heavy atom. The molecular weight excluding hydrogens is 242 g/mol. The molecule has 1 nitrogen and oxygen atoms in total. The molecule has 100 valence electrons. The lowest BCUT2D eigenvalue weighted by Gasteiger charge is -2.30. The monoisotopic (exact) mass is 265 g/mol. The summed E-state index contributed by atoms with van der Waals surface area (Å²) in [5, 5.41) is 4.58. The van der Waals surface area contributed by atoms with E-state index in [1.54, 1.807) is 0 Å². The molecular formula is C16H24ClN. The molecule has 2 rings (SSSR count). The molecule has 0 radical (unpaired) electrons. The molecule has 0 heterocycles. The number of rotatable bonds is 6. The van der Waals surface area contributed by atoms with Crippen molar-refractivity contribution in [3.05, 3.63) is 34.9 Å². The molecule has 2 atom stereocenters. The third kappa shape index (κ3) is 3.73. The van der Waals surface area contributed by atoms with E-state index in [1.807, 2.05) is 12.1 Å². The first-order valence-electron chi connectivity index (χ1n) is 7.20. The van der Waals surface area contributed by atoms with E-state index < -0.39 is 0 Å². The van der Waals surface area contributed by atoms with Crippen molar-refractivity contribution in [2.75, 3.05) is 0 Å². The van der Waals surface area contributed by atoms with Crippen LogP contribution in [0.2, 0.25) is 5.02 Å². The van der Waals surface area contributed by atoms with E-state index >= 15 is 0 Å². The molecule has 1 fully saturated rings. The standard InChI is InChI=1S/C16H24ClN/c1-3-16(14-8-5-9-15(17)11-14)18-12(2)10-13-6-4-7-13/h5,8-9,11-13,16,18H,3-4,6-7,10H2,1-2H3. The molecule has 0 bridgehead atoms. The van der Waals surface area contributed by atoms with Crippen LogP contribution in [0.5, 0.6) is 0 Å². The van der Waals surface area contributed by atoms with Crippen molar-refractivity contribution < 1.29 is 0 Å². The van der Waals surface area contributed by atoms with Gasteiger partial charge >= 0.3 is 0 Å². The number of hydrogen-bond donors (Lipinski definition) is 1. The second kappa shape index (κ2) is 6.58. The number of nitrogens with one attached hydrogen (secondary N) is 1. The van der Waals surface area contributed by atoms with Gasteiger partial charge in [0, 0.05) is 17.1 Å². The number of benzene rings is 1. The highest BCUT2D eigenvalue weighted by Crippen LogP contribution is 2.31. The molecule has 0 saturated heterocycles. The van der Waals surface area contributed by atoms with Gasteiger partial charge in [-0.15, -0.1) is 0 Å². The van der Waals surface area contributed by atoms with Crippen LogP contribution < -0.4 is 5.32 Å². The Morgan fingerprint density at radius 1 is 1.39 bits per heavy atom. The van der Waals surface area contributed by atoms with Gasteiger partial charge in [-0.25, -0.2) is 0 Å². The number of hydrogen-bond acceptors (Lipinski definition) is 1. The largest absolute Gasteiger partial charge is 0.307 e. The average Bonchev–Trinajstić information content (AvgIpc) is 2.31. The molecule has 0 spiro atoms. The third-order valence-corrected chi connectivity index (χ3v) is 4.29. The summed E-state index contributed by atoms with van der Waals surface area (Å²) in [6.07, 6.45) is 6.72. The summed E-state index contributed by atoms with van der Waals surface area (Å²) in [4.78, 5) is 0. The lowest BCUT2D eigenvalue weighted by Crippen LogP contribution is -2.33. The van der Waals surface area contributed by atoms with Crippen LogP contribution in [0.4, 0.5) is 0 Å². The molecule has 1 aromatic rings. The second-order valence-corrected chi connectivity index (χ2v) is 6.05. The van der Waals surface area contributed by atoms with E-state index in [-0.39, 0.29) is 0 Å². The smallest absolute Gasteiger partial charge is 0.0409 e. The maximum absolute atomic E-state index is 6.07. The average molecular weight is 266 g/mol. The minimum atomic E-state index is 0.429. The summed E-state index contributed by atoms with van der Waals surface area (Å²) >= 11 is 6.07. The highest BCUT2D eigenvalue weighted by atomic mass is 35.5. The van der Waals surface area contributed by atoms with Crippen LogP contribution in [0.15, 0.2) is 24.3 Å². The zero-order chi connectivity index (χ0) is 13.0. The fourth-order valence-corrected chi connectivity index (χ4v) is 3.01. The van der Waals surface area contributed by atoms with Crippen molar-refractivity contribution in [1.82, 2.24) is 5.32 Å². The molecule has 18 heavy (non-hydrogen) atoms. The molecule has 1 aromatic carbocycles. The molecule has 2 unspecified atom stereocenters. The predicted molar refractivity (Wildman–Crippen MR) is 79.0 cm³/mol. The maximum atomic E-state index is 6.07. The van der Waals surface area contributed by atoms with Crippen molar-refractivity contribution in [3.63, 3.8) is 0 Å². The Morgan fingerprint density at radius 3 is 2.72 bits per heavy atom. The highest BCUT2D eigenvalue weighted by Gasteiger charge is 2.21. The summed E-state index contributed by atoms with van der Waals surface area (Å²) in [5.41, 5.74) is 1.31. The van der Waals surface area contributed by atoms with Crippen LogP contribution in [-0.4, -0.2) is 6.04 Å². The van der Waals surface area contributed by atoms with Crippen LogP contribution in [0.3, 0.4) is 0 Å². The van der Waals surface area contributed by atoms with Crippen LogP contribution in [-0.2, 0) is 0 Å². The van der Waals surface area contributed by atoms with E-state index in [0.717, 1.165) is 17.4 Å². The van der Waals surface area contributed by atoms with Crippen molar-refractivity contribution in [2.24, 2.45) is 5.92 Å². The lowest BCUT2D eigenvalue weighted by atomic mass is 9.81. The van der Waals surface area contributed by atoms with Crippen molar-refractivity contribution in [3.8, 4) is 0 Å². The minimum absolute atomic E-state index is 0.429. The summed E-state index contributed by atoms with van der Waals surface area (Å²) < 4.78 is 0. The van der Waals surface area contributed by atoms with E-state index in [0.29, 0.717) is 12.1 Å². The van der Waals surface area contributed by atoms with Crippen LogP contribution in [0, 0.1) is 5.92 Å². The first-order valence-corrected chi connectivity index (χ1v) is 7.58. The van der Waals surface area contributed by atoms with Crippen molar-refractivity contribution >= 4 is 11.6 Å². The van der Waals surface area contributed by atoms with Crippen molar-refractivity contribution in [2.45, 2.75) is 58.0 Å². The Kier molecular flexibility index (Phi) is 5.08. The van der Waals surface area contributed by atoms with Crippen LogP contribution >= 0.6 is 11.6 Å².